The Morgan fingerprint density at radius 1 is 0.607 bits per heavy atom. The van der Waals surface area contributed by atoms with Crippen LogP contribution in [0.15, 0.2) is 60.9 Å². The molecule has 6 nitrogen and oxygen atoms in total. The number of para-hydroxylation sites is 4. The minimum atomic E-state index is 0.779. The van der Waals surface area contributed by atoms with Crippen LogP contribution in [-0.4, -0.2) is 56.9 Å². The lowest BCUT2D eigenvalue weighted by atomic mass is 10.3. The van der Waals surface area contributed by atoms with Gasteiger partial charge in [0.2, 0.25) is 0 Å². The number of hydrogen-bond donors (Lipinski definition) is 0. The predicted octanol–water partition coefficient (Wildman–Crippen LogP) is 3.14. The average molecular weight is 372 g/mol. The molecule has 28 heavy (non-hydrogen) atoms. The summed E-state index contributed by atoms with van der Waals surface area (Å²) in [6.45, 7) is 3.43. The number of fused-ring (bicyclic) bond motifs is 2. The lowest BCUT2D eigenvalue weighted by Gasteiger charge is -2.21. The maximum absolute atomic E-state index is 4.70. The van der Waals surface area contributed by atoms with Gasteiger partial charge in [-0.25, -0.2) is 9.97 Å². The summed E-state index contributed by atoms with van der Waals surface area (Å²) in [4.78, 5) is 22.9. The van der Waals surface area contributed by atoms with Crippen LogP contribution in [-0.2, 0) is 13.1 Å². The maximum Gasteiger partial charge on any atom is 0.0890 e. The summed E-state index contributed by atoms with van der Waals surface area (Å²) < 4.78 is 0. The normalized spacial score (nSPS) is 11.7. The topological polar surface area (TPSA) is 58.0 Å². The molecule has 0 aliphatic rings. The van der Waals surface area contributed by atoms with Crippen molar-refractivity contribution in [3.63, 3.8) is 0 Å². The zero-order valence-corrected chi connectivity index (χ0v) is 16.3. The first kappa shape index (κ1) is 18.4. The molecule has 0 saturated heterocycles. The van der Waals surface area contributed by atoms with Gasteiger partial charge in [-0.2, -0.15) is 0 Å². The Labute approximate surface area is 164 Å². The van der Waals surface area contributed by atoms with Crippen molar-refractivity contribution in [2.24, 2.45) is 0 Å². The first-order chi connectivity index (χ1) is 13.7. The van der Waals surface area contributed by atoms with Crippen molar-refractivity contribution < 1.29 is 0 Å². The van der Waals surface area contributed by atoms with Crippen molar-refractivity contribution in [2.45, 2.75) is 13.1 Å². The first-order valence-electron chi connectivity index (χ1n) is 9.46. The molecule has 0 N–H and O–H groups in total. The van der Waals surface area contributed by atoms with Gasteiger partial charge in [-0.3, -0.25) is 19.8 Å². The molecule has 0 amide bonds. The monoisotopic (exact) mass is 372 g/mol. The van der Waals surface area contributed by atoms with Crippen molar-refractivity contribution in [1.29, 1.82) is 0 Å². The van der Waals surface area contributed by atoms with E-state index in [0.29, 0.717) is 0 Å². The minimum Gasteiger partial charge on any atom is -0.299 e. The smallest absolute Gasteiger partial charge is 0.0890 e. The fourth-order valence-electron chi connectivity index (χ4n) is 3.20. The van der Waals surface area contributed by atoms with E-state index in [4.69, 9.17) is 9.97 Å². The molecule has 6 heteroatoms. The highest BCUT2D eigenvalue weighted by Gasteiger charge is 2.07. The number of hydrogen-bond acceptors (Lipinski definition) is 6. The summed E-state index contributed by atoms with van der Waals surface area (Å²) in [5.74, 6) is 0. The molecular formula is C22H24N6. The molecule has 4 rings (SSSR count). The van der Waals surface area contributed by atoms with E-state index in [9.17, 15) is 0 Å². The number of benzene rings is 2. The standard InChI is InChI=1S/C22H24N6/c1-27(15-17-13-23-19-7-3-5-9-21(19)25-17)11-12-28(2)16-18-14-24-20-8-4-6-10-22(20)26-18/h3-10,13-14H,11-12,15-16H2,1-2H3. The second-order valence-corrected chi connectivity index (χ2v) is 7.18. The van der Waals surface area contributed by atoms with Gasteiger partial charge in [0, 0.05) is 26.2 Å². The van der Waals surface area contributed by atoms with Crippen LogP contribution < -0.4 is 0 Å². The largest absolute Gasteiger partial charge is 0.299 e. The summed E-state index contributed by atoms with van der Waals surface area (Å²) in [6, 6.07) is 15.9. The van der Waals surface area contributed by atoms with Crippen LogP contribution in [0.2, 0.25) is 0 Å². The molecule has 0 aliphatic carbocycles. The van der Waals surface area contributed by atoms with E-state index in [-0.39, 0.29) is 0 Å². The molecule has 2 aromatic carbocycles. The highest BCUT2D eigenvalue weighted by molar-refractivity contribution is 5.74. The molecule has 0 fully saturated rings. The van der Waals surface area contributed by atoms with Crippen LogP contribution in [0.5, 0.6) is 0 Å². The van der Waals surface area contributed by atoms with E-state index >= 15 is 0 Å². The molecule has 0 bridgehead atoms. The van der Waals surface area contributed by atoms with Gasteiger partial charge in [-0.15, -0.1) is 0 Å². The predicted molar refractivity (Wildman–Crippen MR) is 112 cm³/mol. The highest BCUT2D eigenvalue weighted by Crippen LogP contribution is 2.11. The average Bonchev–Trinajstić information content (AvgIpc) is 2.72. The lowest BCUT2D eigenvalue weighted by Crippen LogP contribution is -2.30. The molecule has 0 saturated carbocycles. The Hall–Kier alpha value is -2.96. The van der Waals surface area contributed by atoms with Gasteiger partial charge in [0.25, 0.3) is 0 Å². The Bertz CT molecular complexity index is 993. The third kappa shape index (κ3) is 4.47. The highest BCUT2D eigenvalue weighted by atomic mass is 15.2. The summed E-state index contributed by atoms with van der Waals surface area (Å²) in [5.41, 5.74) is 5.74. The number of aromatic nitrogens is 4. The fraction of sp³-hybridized carbons (Fsp3) is 0.273. The van der Waals surface area contributed by atoms with E-state index in [1.165, 1.54) is 0 Å². The summed E-state index contributed by atoms with van der Waals surface area (Å²) in [5, 5.41) is 0. The van der Waals surface area contributed by atoms with Crippen molar-refractivity contribution in [1.82, 2.24) is 29.7 Å². The molecule has 0 spiro atoms. The number of nitrogens with zero attached hydrogens (tertiary/aromatic N) is 6. The van der Waals surface area contributed by atoms with E-state index < -0.39 is 0 Å². The van der Waals surface area contributed by atoms with E-state index in [1.54, 1.807) is 0 Å². The number of likely N-dealkylation sites (N-methyl/N-ethyl adjacent to an activating group) is 2. The van der Waals surface area contributed by atoms with Crippen LogP contribution in [0.3, 0.4) is 0 Å². The molecule has 4 aromatic rings. The van der Waals surface area contributed by atoms with Gasteiger partial charge in [0.15, 0.2) is 0 Å². The third-order valence-electron chi connectivity index (χ3n) is 4.72. The van der Waals surface area contributed by atoms with Gasteiger partial charge >= 0.3 is 0 Å². The minimum absolute atomic E-state index is 0.779. The van der Waals surface area contributed by atoms with E-state index in [1.807, 2.05) is 60.9 Å². The van der Waals surface area contributed by atoms with Crippen LogP contribution in [0.4, 0.5) is 0 Å². The Morgan fingerprint density at radius 2 is 1.00 bits per heavy atom. The van der Waals surface area contributed by atoms with Gasteiger partial charge in [-0.1, -0.05) is 24.3 Å². The van der Waals surface area contributed by atoms with Crippen molar-refractivity contribution in [3.8, 4) is 0 Å². The Morgan fingerprint density at radius 3 is 1.43 bits per heavy atom. The molecule has 142 valence electrons. The van der Waals surface area contributed by atoms with Gasteiger partial charge in [0.1, 0.15) is 0 Å². The van der Waals surface area contributed by atoms with Gasteiger partial charge < -0.3 is 0 Å². The Balaban J connectivity index is 1.31. The fourth-order valence-corrected chi connectivity index (χ4v) is 3.20. The summed E-state index contributed by atoms with van der Waals surface area (Å²) in [6.07, 6.45) is 3.74. The number of rotatable bonds is 7. The van der Waals surface area contributed by atoms with Crippen LogP contribution in [0.25, 0.3) is 22.1 Å². The first-order valence-corrected chi connectivity index (χ1v) is 9.46. The second-order valence-electron chi connectivity index (χ2n) is 7.18. The summed E-state index contributed by atoms with van der Waals surface area (Å²) >= 11 is 0. The lowest BCUT2D eigenvalue weighted by molar-refractivity contribution is 0.244. The maximum atomic E-state index is 4.70. The summed E-state index contributed by atoms with van der Waals surface area (Å²) in [7, 11) is 4.22. The van der Waals surface area contributed by atoms with Crippen LogP contribution in [0, 0.1) is 0 Å². The van der Waals surface area contributed by atoms with Crippen LogP contribution in [0.1, 0.15) is 11.4 Å². The van der Waals surface area contributed by atoms with Crippen LogP contribution >= 0.6 is 0 Å². The zero-order valence-electron chi connectivity index (χ0n) is 16.3. The molecule has 0 radical (unpaired) electrons. The van der Waals surface area contributed by atoms with Gasteiger partial charge in [-0.05, 0) is 38.4 Å². The van der Waals surface area contributed by atoms with Crippen molar-refractivity contribution in [2.75, 3.05) is 27.2 Å². The van der Waals surface area contributed by atoms with Crippen molar-refractivity contribution in [3.05, 3.63) is 72.3 Å². The van der Waals surface area contributed by atoms with Crippen molar-refractivity contribution >= 4 is 22.1 Å². The van der Waals surface area contributed by atoms with E-state index in [0.717, 1.165) is 59.6 Å². The molecule has 2 heterocycles. The zero-order chi connectivity index (χ0) is 19.3. The molecule has 0 aliphatic heterocycles. The third-order valence-corrected chi connectivity index (χ3v) is 4.72. The van der Waals surface area contributed by atoms with E-state index in [2.05, 4.69) is 33.9 Å². The molecular weight excluding hydrogens is 348 g/mol. The Kier molecular flexibility index (Phi) is 5.50. The SMILES string of the molecule is CN(CCN(C)Cc1cnc2ccccc2n1)Cc1cnc2ccccc2n1. The molecule has 2 aromatic heterocycles. The van der Waals surface area contributed by atoms with Gasteiger partial charge in [0.05, 0.1) is 45.8 Å². The second kappa shape index (κ2) is 8.37. The molecule has 0 unspecified atom stereocenters. The quantitative estimate of drug-likeness (QED) is 0.497. The molecule has 0 atom stereocenters.